The van der Waals surface area contributed by atoms with Crippen molar-refractivity contribution in [2.45, 2.75) is 27.7 Å². The van der Waals surface area contributed by atoms with Crippen molar-refractivity contribution in [2.24, 2.45) is 17.6 Å². The number of carbonyl (C=O) groups is 1. The highest BCUT2D eigenvalue weighted by Crippen LogP contribution is 2.16. The number of aromatic nitrogens is 1. The molecule has 0 aromatic carbocycles. The van der Waals surface area contributed by atoms with Crippen LogP contribution in [0.25, 0.3) is 0 Å². The molecule has 1 atom stereocenters. The lowest BCUT2D eigenvalue weighted by atomic mass is 9.95. The third-order valence-corrected chi connectivity index (χ3v) is 2.88. The summed E-state index contributed by atoms with van der Waals surface area (Å²) in [6, 6.07) is 3.76. The average Bonchev–Trinajstić information content (AvgIpc) is 2.22. The Hall–Kier alpha value is -1.42. The summed E-state index contributed by atoms with van der Waals surface area (Å²) in [4.78, 5) is 16.3. The molecule has 94 valence electrons. The summed E-state index contributed by atoms with van der Waals surface area (Å²) in [5, 5.41) is 2.89. The molecule has 0 spiro atoms. The van der Waals surface area contributed by atoms with E-state index in [-0.39, 0.29) is 17.7 Å². The van der Waals surface area contributed by atoms with Crippen LogP contribution in [-0.4, -0.2) is 17.4 Å². The van der Waals surface area contributed by atoms with Crippen LogP contribution >= 0.6 is 0 Å². The molecule has 4 heteroatoms. The van der Waals surface area contributed by atoms with Crippen molar-refractivity contribution >= 4 is 11.6 Å². The second-order valence-electron chi connectivity index (χ2n) is 4.66. The van der Waals surface area contributed by atoms with E-state index in [0.29, 0.717) is 6.54 Å². The number of nitrogens with zero attached hydrogens (tertiary/aromatic N) is 1. The molecule has 0 fully saturated rings. The summed E-state index contributed by atoms with van der Waals surface area (Å²) in [6.07, 6.45) is 0. The number of carbonyl (C=O) groups excluding carboxylic acids is 1. The first kappa shape index (κ1) is 13.6. The molecule has 0 saturated carbocycles. The van der Waals surface area contributed by atoms with Gasteiger partial charge >= 0.3 is 0 Å². The van der Waals surface area contributed by atoms with Gasteiger partial charge in [0.15, 0.2) is 0 Å². The number of nitrogens with two attached hydrogens (primary N) is 1. The van der Waals surface area contributed by atoms with Gasteiger partial charge in [-0.2, -0.15) is 0 Å². The minimum absolute atomic E-state index is 0.0312. The van der Waals surface area contributed by atoms with Crippen molar-refractivity contribution in [1.82, 2.24) is 4.98 Å². The lowest BCUT2D eigenvalue weighted by Gasteiger charge is -2.18. The zero-order chi connectivity index (χ0) is 13.0. The summed E-state index contributed by atoms with van der Waals surface area (Å²) < 4.78 is 0. The van der Waals surface area contributed by atoms with Gasteiger partial charge in [0, 0.05) is 12.2 Å². The number of hydrogen-bond donors (Lipinski definition) is 2. The first-order valence-electron chi connectivity index (χ1n) is 5.91. The predicted molar refractivity (Wildman–Crippen MR) is 69.7 cm³/mol. The minimum Gasteiger partial charge on any atom is -0.330 e. The molecule has 1 heterocycles. The molecule has 1 aromatic heterocycles. The highest BCUT2D eigenvalue weighted by Gasteiger charge is 2.20. The van der Waals surface area contributed by atoms with Crippen molar-refractivity contribution in [2.75, 3.05) is 11.9 Å². The zero-order valence-electron chi connectivity index (χ0n) is 10.9. The van der Waals surface area contributed by atoms with E-state index < -0.39 is 0 Å². The van der Waals surface area contributed by atoms with E-state index in [0.717, 1.165) is 17.1 Å². The molecule has 1 amide bonds. The van der Waals surface area contributed by atoms with Crippen LogP contribution in [-0.2, 0) is 4.79 Å². The van der Waals surface area contributed by atoms with Crippen LogP contribution in [0.15, 0.2) is 12.1 Å². The van der Waals surface area contributed by atoms with Crippen LogP contribution < -0.4 is 11.1 Å². The molecule has 1 aromatic rings. The lowest BCUT2D eigenvalue weighted by Crippen LogP contribution is -2.33. The fourth-order valence-corrected chi connectivity index (χ4v) is 1.73. The summed E-state index contributed by atoms with van der Waals surface area (Å²) in [5.41, 5.74) is 8.15. The van der Waals surface area contributed by atoms with Gasteiger partial charge in [0.25, 0.3) is 0 Å². The van der Waals surface area contributed by atoms with Crippen LogP contribution in [0.1, 0.15) is 25.2 Å². The molecule has 0 bridgehead atoms. The number of aryl methyl sites for hydroxylation is 2. The van der Waals surface area contributed by atoms with Gasteiger partial charge < -0.3 is 11.1 Å². The van der Waals surface area contributed by atoms with Gasteiger partial charge in [-0.3, -0.25) is 9.78 Å². The molecule has 0 aliphatic carbocycles. The number of hydrogen-bond acceptors (Lipinski definition) is 3. The average molecular weight is 235 g/mol. The topological polar surface area (TPSA) is 68.0 Å². The Morgan fingerprint density at radius 1 is 1.41 bits per heavy atom. The first-order valence-corrected chi connectivity index (χ1v) is 5.91. The van der Waals surface area contributed by atoms with E-state index in [9.17, 15) is 4.79 Å². The van der Waals surface area contributed by atoms with E-state index in [1.54, 1.807) is 0 Å². The van der Waals surface area contributed by atoms with E-state index in [4.69, 9.17) is 5.73 Å². The number of rotatable bonds is 4. The standard InChI is InChI=1S/C13H21N3O/c1-8(2)11(7-14)13(17)16-12-6-5-9(3)15-10(12)4/h5-6,8,11H,7,14H2,1-4H3,(H,16,17). The Morgan fingerprint density at radius 2 is 2.06 bits per heavy atom. The van der Waals surface area contributed by atoms with Crippen LogP contribution in [0.3, 0.4) is 0 Å². The summed E-state index contributed by atoms with van der Waals surface area (Å²) >= 11 is 0. The molecule has 4 nitrogen and oxygen atoms in total. The zero-order valence-corrected chi connectivity index (χ0v) is 10.9. The molecule has 0 aliphatic heterocycles. The van der Waals surface area contributed by atoms with Crippen LogP contribution in [0.2, 0.25) is 0 Å². The van der Waals surface area contributed by atoms with Crippen molar-refractivity contribution in [3.8, 4) is 0 Å². The Bertz CT molecular complexity index is 402. The Kier molecular flexibility index (Phi) is 4.63. The van der Waals surface area contributed by atoms with Crippen LogP contribution in [0.5, 0.6) is 0 Å². The number of nitrogens with one attached hydrogen (secondary N) is 1. The van der Waals surface area contributed by atoms with Crippen LogP contribution in [0.4, 0.5) is 5.69 Å². The van der Waals surface area contributed by atoms with E-state index in [1.807, 2.05) is 39.8 Å². The molecular formula is C13H21N3O. The predicted octanol–water partition coefficient (Wildman–Crippen LogP) is 1.87. The van der Waals surface area contributed by atoms with Crippen molar-refractivity contribution in [1.29, 1.82) is 0 Å². The van der Waals surface area contributed by atoms with Crippen molar-refractivity contribution in [3.05, 3.63) is 23.5 Å². The third-order valence-electron chi connectivity index (χ3n) is 2.88. The maximum Gasteiger partial charge on any atom is 0.229 e. The lowest BCUT2D eigenvalue weighted by molar-refractivity contribution is -0.120. The fourth-order valence-electron chi connectivity index (χ4n) is 1.73. The maximum atomic E-state index is 12.0. The van der Waals surface area contributed by atoms with Crippen molar-refractivity contribution < 1.29 is 4.79 Å². The quantitative estimate of drug-likeness (QED) is 0.837. The Balaban J connectivity index is 2.80. The summed E-state index contributed by atoms with van der Waals surface area (Å²) in [5.74, 6) is 0.0469. The second kappa shape index (κ2) is 5.77. The van der Waals surface area contributed by atoms with Gasteiger partial charge in [0.2, 0.25) is 5.91 Å². The molecule has 0 radical (unpaired) electrons. The van der Waals surface area contributed by atoms with E-state index >= 15 is 0 Å². The molecular weight excluding hydrogens is 214 g/mol. The second-order valence-corrected chi connectivity index (χ2v) is 4.66. The van der Waals surface area contributed by atoms with Gasteiger partial charge in [-0.15, -0.1) is 0 Å². The van der Waals surface area contributed by atoms with E-state index in [2.05, 4.69) is 10.3 Å². The van der Waals surface area contributed by atoms with Gasteiger partial charge in [0.05, 0.1) is 17.3 Å². The number of pyridine rings is 1. The van der Waals surface area contributed by atoms with Gasteiger partial charge in [-0.05, 0) is 31.9 Å². The van der Waals surface area contributed by atoms with Gasteiger partial charge in [-0.25, -0.2) is 0 Å². The van der Waals surface area contributed by atoms with Crippen molar-refractivity contribution in [3.63, 3.8) is 0 Å². The number of amides is 1. The largest absolute Gasteiger partial charge is 0.330 e. The monoisotopic (exact) mass is 235 g/mol. The highest BCUT2D eigenvalue weighted by atomic mass is 16.1. The molecule has 17 heavy (non-hydrogen) atoms. The summed E-state index contributed by atoms with van der Waals surface area (Å²) in [7, 11) is 0. The Morgan fingerprint density at radius 3 is 2.53 bits per heavy atom. The van der Waals surface area contributed by atoms with Crippen LogP contribution in [0, 0.1) is 25.7 Å². The third kappa shape index (κ3) is 3.53. The SMILES string of the molecule is Cc1ccc(NC(=O)C(CN)C(C)C)c(C)n1. The number of anilines is 1. The maximum absolute atomic E-state index is 12.0. The fraction of sp³-hybridized carbons (Fsp3) is 0.538. The van der Waals surface area contributed by atoms with Gasteiger partial charge in [0.1, 0.15) is 0 Å². The van der Waals surface area contributed by atoms with E-state index in [1.165, 1.54) is 0 Å². The summed E-state index contributed by atoms with van der Waals surface area (Å²) in [6.45, 7) is 8.17. The minimum atomic E-state index is -0.157. The molecule has 1 unspecified atom stereocenters. The van der Waals surface area contributed by atoms with Gasteiger partial charge in [-0.1, -0.05) is 13.8 Å². The smallest absolute Gasteiger partial charge is 0.229 e. The Labute approximate surface area is 103 Å². The molecule has 0 saturated heterocycles. The highest BCUT2D eigenvalue weighted by molar-refractivity contribution is 5.93. The molecule has 1 rings (SSSR count). The normalized spacial score (nSPS) is 12.6. The molecule has 3 N–H and O–H groups in total. The molecule has 0 aliphatic rings. The first-order chi connectivity index (χ1) is 7.95.